The van der Waals surface area contributed by atoms with E-state index in [9.17, 15) is 19.5 Å². The summed E-state index contributed by atoms with van der Waals surface area (Å²) in [6.07, 6.45) is 1.19. The molecule has 3 aromatic rings. The molecule has 190 valence electrons. The molecule has 7 nitrogen and oxygen atoms in total. The number of hydrogen-bond acceptors (Lipinski definition) is 4. The van der Waals surface area contributed by atoms with E-state index in [1.807, 2.05) is 75.4 Å². The van der Waals surface area contributed by atoms with Crippen LogP contribution in [0, 0.1) is 23.2 Å². The molecule has 2 aromatic carbocycles. The summed E-state index contributed by atoms with van der Waals surface area (Å²) in [6, 6.07) is 21.9. The lowest BCUT2D eigenvalue weighted by molar-refractivity contribution is -0.141. The monoisotopic (exact) mass is 497 g/mol. The van der Waals surface area contributed by atoms with Crippen molar-refractivity contribution in [2.24, 2.45) is 11.3 Å². The number of carbonyl (C=O) groups excluding carboxylic acids is 2. The first-order valence-corrected chi connectivity index (χ1v) is 12.0. The Hall–Kier alpha value is -4.44. The van der Waals surface area contributed by atoms with Crippen molar-refractivity contribution in [3.63, 3.8) is 0 Å². The molecule has 0 bridgehead atoms. The highest BCUT2D eigenvalue weighted by Gasteiger charge is 2.35. The van der Waals surface area contributed by atoms with Gasteiger partial charge in [-0.25, -0.2) is 4.98 Å². The maximum Gasteiger partial charge on any atom is 0.304 e. The minimum absolute atomic E-state index is 0.0390. The Kier molecular flexibility index (Phi) is 9.17. The summed E-state index contributed by atoms with van der Waals surface area (Å²) in [5, 5.41) is 14.8. The van der Waals surface area contributed by atoms with Crippen LogP contribution in [-0.4, -0.2) is 33.9 Å². The SMILES string of the molecule is CC(C)(C)C(NC(=O)C(CC#Cc1ccc(-c2ccccc2)cc1)CC(=O)O)C(=O)Nc1ccccn1. The Balaban J connectivity index is 1.70. The van der Waals surface area contributed by atoms with Crippen LogP contribution in [0.5, 0.6) is 0 Å². The van der Waals surface area contributed by atoms with Crippen LogP contribution in [0.25, 0.3) is 11.1 Å². The lowest BCUT2D eigenvalue weighted by atomic mass is 9.85. The number of aromatic nitrogens is 1. The molecule has 0 radical (unpaired) electrons. The number of rotatable bonds is 8. The number of nitrogens with zero attached hydrogens (tertiary/aromatic N) is 1. The van der Waals surface area contributed by atoms with Gasteiger partial charge in [0.15, 0.2) is 0 Å². The van der Waals surface area contributed by atoms with Gasteiger partial charge in [0, 0.05) is 18.2 Å². The van der Waals surface area contributed by atoms with Crippen molar-refractivity contribution in [1.29, 1.82) is 0 Å². The van der Waals surface area contributed by atoms with E-state index >= 15 is 0 Å². The van der Waals surface area contributed by atoms with Gasteiger partial charge in [0.25, 0.3) is 0 Å². The number of aliphatic carboxylic acids is 1. The van der Waals surface area contributed by atoms with Crippen molar-refractivity contribution in [1.82, 2.24) is 10.3 Å². The van der Waals surface area contributed by atoms with Crippen molar-refractivity contribution < 1.29 is 19.5 Å². The summed E-state index contributed by atoms with van der Waals surface area (Å²) >= 11 is 0. The van der Waals surface area contributed by atoms with Crippen LogP contribution in [0.1, 0.15) is 39.2 Å². The van der Waals surface area contributed by atoms with E-state index in [-0.39, 0.29) is 6.42 Å². The highest BCUT2D eigenvalue weighted by Crippen LogP contribution is 2.22. The number of benzene rings is 2. The highest BCUT2D eigenvalue weighted by molar-refractivity contribution is 5.97. The molecule has 0 aliphatic heterocycles. The standard InChI is InChI=1S/C30H31N3O4/c1-30(2,3)27(29(37)32-25-14-7-8-19-31-25)33-28(36)24(20-26(34)35)13-9-10-21-15-17-23(18-16-21)22-11-5-4-6-12-22/h4-8,11-12,14-19,24,27H,13,20H2,1-3H3,(H,33,36)(H,34,35)(H,31,32,37). The maximum absolute atomic E-state index is 13.1. The number of carboxylic acids is 1. The van der Waals surface area contributed by atoms with Crippen LogP contribution < -0.4 is 10.6 Å². The van der Waals surface area contributed by atoms with E-state index in [0.717, 1.165) is 16.7 Å². The fraction of sp³-hybridized carbons (Fsp3) is 0.267. The van der Waals surface area contributed by atoms with Crippen molar-refractivity contribution >= 4 is 23.6 Å². The molecule has 0 saturated carbocycles. The van der Waals surface area contributed by atoms with Gasteiger partial charge in [-0.1, -0.05) is 81.1 Å². The second kappa shape index (κ2) is 12.5. The quantitative estimate of drug-likeness (QED) is 0.389. The van der Waals surface area contributed by atoms with Gasteiger partial charge in [-0.2, -0.15) is 0 Å². The summed E-state index contributed by atoms with van der Waals surface area (Å²) in [6.45, 7) is 5.46. The average molecular weight is 498 g/mol. The molecule has 1 heterocycles. The molecule has 3 N–H and O–H groups in total. The molecule has 37 heavy (non-hydrogen) atoms. The lowest BCUT2D eigenvalue weighted by Crippen LogP contribution is -2.53. The van der Waals surface area contributed by atoms with Crippen molar-refractivity contribution in [3.05, 3.63) is 84.6 Å². The molecule has 0 fully saturated rings. The Bertz CT molecular complexity index is 1270. The van der Waals surface area contributed by atoms with Gasteiger partial charge in [-0.05, 0) is 40.8 Å². The zero-order valence-corrected chi connectivity index (χ0v) is 21.2. The average Bonchev–Trinajstić information content (AvgIpc) is 2.87. The lowest BCUT2D eigenvalue weighted by Gasteiger charge is -2.31. The smallest absolute Gasteiger partial charge is 0.304 e. The summed E-state index contributed by atoms with van der Waals surface area (Å²) in [4.78, 5) is 41.6. The predicted octanol–water partition coefficient (Wildman–Crippen LogP) is 4.75. The number of carboxylic acid groups (broad SMARTS) is 1. The van der Waals surface area contributed by atoms with Crippen LogP contribution >= 0.6 is 0 Å². The number of nitrogens with one attached hydrogen (secondary N) is 2. The molecule has 2 amide bonds. The third-order valence-corrected chi connectivity index (χ3v) is 5.70. The number of anilines is 1. The summed E-state index contributed by atoms with van der Waals surface area (Å²) in [5.41, 5.74) is 2.29. The van der Waals surface area contributed by atoms with Gasteiger partial charge in [0.05, 0.1) is 12.3 Å². The summed E-state index contributed by atoms with van der Waals surface area (Å²) in [7, 11) is 0. The molecular weight excluding hydrogens is 466 g/mol. The molecule has 0 spiro atoms. The Labute approximate surface area is 217 Å². The first-order valence-electron chi connectivity index (χ1n) is 12.0. The van der Waals surface area contributed by atoms with Crippen LogP contribution in [0.2, 0.25) is 0 Å². The van der Waals surface area contributed by atoms with Crippen LogP contribution in [0.3, 0.4) is 0 Å². The minimum Gasteiger partial charge on any atom is -0.481 e. The Morgan fingerprint density at radius 2 is 1.54 bits per heavy atom. The van der Waals surface area contributed by atoms with E-state index in [4.69, 9.17) is 0 Å². The van der Waals surface area contributed by atoms with Crippen LogP contribution in [0.4, 0.5) is 5.82 Å². The molecular formula is C30H31N3O4. The first kappa shape index (κ1) is 27.2. The van der Waals surface area contributed by atoms with Gasteiger partial charge >= 0.3 is 5.97 Å². The maximum atomic E-state index is 13.1. The fourth-order valence-electron chi connectivity index (χ4n) is 3.69. The van der Waals surface area contributed by atoms with E-state index < -0.39 is 41.6 Å². The van der Waals surface area contributed by atoms with E-state index in [1.54, 1.807) is 24.4 Å². The van der Waals surface area contributed by atoms with Crippen LogP contribution in [0.15, 0.2) is 79.0 Å². The first-order chi connectivity index (χ1) is 17.6. The summed E-state index contributed by atoms with van der Waals surface area (Å²) in [5.74, 6) is 3.32. The Morgan fingerprint density at radius 3 is 2.14 bits per heavy atom. The van der Waals surface area contributed by atoms with Crippen molar-refractivity contribution in [2.75, 3.05) is 5.32 Å². The molecule has 7 heteroatoms. The minimum atomic E-state index is -1.11. The van der Waals surface area contributed by atoms with Gasteiger partial charge in [0.2, 0.25) is 11.8 Å². The zero-order valence-electron chi connectivity index (χ0n) is 21.2. The topological polar surface area (TPSA) is 108 Å². The van der Waals surface area contributed by atoms with E-state index in [2.05, 4.69) is 27.5 Å². The van der Waals surface area contributed by atoms with Gasteiger partial charge in [-0.3, -0.25) is 14.4 Å². The molecule has 2 unspecified atom stereocenters. The van der Waals surface area contributed by atoms with Crippen LogP contribution in [-0.2, 0) is 14.4 Å². The molecule has 0 saturated heterocycles. The van der Waals surface area contributed by atoms with E-state index in [1.165, 1.54) is 0 Å². The van der Waals surface area contributed by atoms with Gasteiger partial charge in [0.1, 0.15) is 11.9 Å². The molecule has 0 aliphatic rings. The summed E-state index contributed by atoms with van der Waals surface area (Å²) < 4.78 is 0. The molecule has 3 rings (SSSR count). The number of carbonyl (C=O) groups is 3. The second-order valence-corrected chi connectivity index (χ2v) is 9.76. The molecule has 0 aliphatic carbocycles. The van der Waals surface area contributed by atoms with Gasteiger partial charge < -0.3 is 15.7 Å². The second-order valence-electron chi connectivity index (χ2n) is 9.76. The van der Waals surface area contributed by atoms with Crippen molar-refractivity contribution in [2.45, 2.75) is 39.7 Å². The number of amides is 2. The third-order valence-electron chi connectivity index (χ3n) is 5.70. The fourth-order valence-corrected chi connectivity index (χ4v) is 3.69. The predicted molar refractivity (Wildman–Crippen MR) is 143 cm³/mol. The molecule has 1 aromatic heterocycles. The van der Waals surface area contributed by atoms with Gasteiger partial charge in [-0.15, -0.1) is 0 Å². The normalized spacial score (nSPS) is 12.4. The molecule has 2 atom stereocenters. The van der Waals surface area contributed by atoms with E-state index in [0.29, 0.717) is 5.82 Å². The zero-order chi connectivity index (χ0) is 26.8. The largest absolute Gasteiger partial charge is 0.481 e. The third kappa shape index (κ3) is 8.32. The van der Waals surface area contributed by atoms with Crippen molar-refractivity contribution in [3.8, 4) is 23.0 Å². The number of hydrogen-bond donors (Lipinski definition) is 3. The number of pyridine rings is 1. The highest BCUT2D eigenvalue weighted by atomic mass is 16.4. The Morgan fingerprint density at radius 1 is 0.892 bits per heavy atom.